The topological polar surface area (TPSA) is 61.6 Å². The van der Waals surface area contributed by atoms with E-state index in [1.807, 2.05) is 61.5 Å². The number of rotatable bonds is 8. The van der Waals surface area contributed by atoms with E-state index in [9.17, 15) is 4.79 Å². The lowest BCUT2D eigenvalue weighted by molar-refractivity contribution is -0.152. The maximum atomic E-state index is 12.4. The van der Waals surface area contributed by atoms with Crippen molar-refractivity contribution in [3.8, 4) is 11.5 Å². The van der Waals surface area contributed by atoms with Crippen molar-refractivity contribution in [1.29, 1.82) is 0 Å². The van der Waals surface area contributed by atoms with Crippen LogP contribution in [-0.4, -0.2) is 11.5 Å². The van der Waals surface area contributed by atoms with Gasteiger partial charge in [0.2, 0.25) is 0 Å². The third kappa shape index (κ3) is 6.58. The van der Waals surface area contributed by atoms with E-state index in [2.05, 4.69) is 0 Å². The zero-order valence-electron chi connectivity index (χ0n) is 15.3. The minimum absolute atomic E-state index is 0.108. The zero-order chi connectivity index (χ0) is 19.9. The summed E-state index contributed by atoms with van der Waals surface area (Å²) in [7, 11) is 0. The molecule has 0 heterocycles. The number of hydrogen-bond acceptors (Lipinski definition) is 4. The summed E-state index contributed by atoms with van der Waals surface area (Å²) >= 11 is 11.2. The van der Waals surface area contributed by atoms with Gasteiger partial charge in [0.1, 0.15) is 28.1 Å². The largest absolute Gasteiger partial charge is 0.459 e. The van der Waals surface area contributed by atoms with Crippen LogP contribution in [0.25, 0.3) is 0 Å². The van der Waals surface area contributed by atoms with Crippen molar-refractivity contribution in [1.82, 2.24) is 0 Å². The van der Waals surface area contributed by atoms with Crippen LogP contribution in [0.2, 0.25) is 0 Å². The molecular formula is C21H23Cl2NO3. The van der Waals surface area contributed by atoms with Gasteiger partial charge in [0, 0.05) is 0 Å². The van der Waals surface area contributed by atoms with E-state index in [1.54, 1.807) is 13.0 Å². The van der Waals surface area contributed by atoms with Gasteiger partial charge in [-0.05, 0) is 49.1 Å². The van der Waals surface area contributed by atoms with Crippen molar-refractivity contribution in [2.45, 2.75) is 32.4 Å². The first kappa shape index (κ1) is 21.3. The Morgan fingerprint density at radius 3 is 2.48 bits per heavy atom. The highest BCUT2D eigenvalue weighted by Gasteiger charge is 2.35. The summed E-state index contributed by atoms with van der Waals surface area (Å²) in [5.41, 5.74) is 5.83. The van der Waals surface area contributed by atoms with Crippen LogP contribution < -0.4 is 10.5 Å². The van der Waals surface area contributed by atoms with Crippen LogP contribution in [0.5, 0.6) is 11.5 Å². The van der Waals surface area contributed by atoms with Crippen LogP contribution in [0, 0.1) is 5.92 Å². The Morgan fingerprint density at radius 2 is 1.81 bits per heavy atom. The standard InChI is InChI=1S/C21H23Cl2NO3/c1-15(11-12-19(22)23)21(2,24)20(25)26-14-16-7-6-10-18(13-16)27-17-8-4-3-5-9-17/h3-10,12-13,15H,11,14,24H2,1-2H3/t15?,21-/m1/s1. The van der Waals surface area contributed by atoms with Gasteiger partial charge >= 0.3 is 5.97 Å². The fourth-order valence-corrected chi connectivity index (χ4v) is 2.52. The number of hydrogen-bond donors (Lipinski definition) is 1. The number of ether oxygens (including phenoxy) is 2. The summed E-state index contributed by atoms with van der Waals surface area (Å²) in [5, 5.41) is 0. The van der Waals surface area contributed by atoms with Crippen molar-refractivity contribution in [2.75, 3.05) is 0 Å². The molecule has 0 saturated carbocycles. The predicted molar refractivity (Wildman–Crippen MR) is 109 cm³/mol. The molecule has 1 unspecified atom stereocenters. The van der Waals surface area contributed by atoms with Crippen LogP contribution >= 0.6 is 23.2 Å². The van der Waals surface area contributed by atoms with Crippen LogP contribution in [0.3, 0.4) is 0 Å². The molecule has 0 aliphatic rings. The molecule has 2 N–H and O–H groups in total. The first-order valence-electron chi connectivity index (χ1n) is 8.58. The number of allylic oxidation sites excluding steroid dienone is 1. The maximum Gasteiger partial charge on any atom is 0.326 e. The molecule has 0 fully saturated rings. The predicted octanol–water partition coefficient (Wildman–Crippen LogP) is 5.58. The van der Waals surface area contributed by atoms with Gasteiger partial charge in [0.25, 0.3) is 0 Å². The Balaban J connectivity index is 1.96. The molecule has 4 nitrogen and oxygen atoms in total. The van der Waals surface area contributed by atoms with Crippen LogP contribution in [0.1, 0.15) is 25.8 Å². The van der Waals surface area contributed by atoms with Crippen molar-refractivity contribution in [2.24, 2.45) is 11.7 Å². The quantitative estimate of drug-likeness (QED) is 0.579. The fourth-order valence-electron chi connectivity index (χ4n) is 2.34. The van der Waals surface area contributed by atoms with E-state index in [-0.39, 0.29) is 17.0 Å². The lowest BCUT2D eigenvalue weighted by Crippen LogP contribution is -2.51. The SMILES string of the molecule is CC(CC=C(Cl)Cl)[C@@](C)(N)C(=O)OCc1cccc(Oc2ccccc2)c1. The Morgan fingerprint density at radius 1 is 1.15 bits per heavy atom. The summed E-state index contributed by atoms with van der Waals surface area (Å²) in [6, 6.07) is 16.8. The molecule has 0 radical (unpaired) electrons. The zero-order valence-corrected chi connectivity index (χ0v) is 16.8. The molecule has 2 atom stereocenters. The number of esters is 1. The second kappa shape index (κ2) is 9.79. The molecule has 0 spiro atoms. The van der Waals surface area contributed by atoms with Crippen molar-refractivity contribution >= 4 is 29.2 Å². The molecule has 144 valence electrons. The van der Waals surface area contributed by atoms with Gasteiger partial charge < -0.3 is 15.2 Å². The molecule has 0 amide bonds. The highest BCUT2D eigenvalue weighted by atomic mass is 35.5. The van der Waals surface area contributed by atoms with E-state index in [1.165, 1.54) is 0 Å². The number of benzene rings is 2. The third-order valence-electron chi connectivity index (χ3n) is 4.34. The summed E-state index contributed by atoms with van der Waals surface area (Å²) < 4.78 is 11.4. The van der Waals surface area contributed by atoms with Gasteiger partial charge in [0.15, 0.2) is 0 Å². The summed E-state index contributed by atoms with van der Waals surface area (Å²) in [6.07, 6.45) is 2.10. The molecule has 0 aliphatic carbocycles. The Bertz CT molecular complexity index is 787. The minimum atomic E-state index is -1.15. The number of halogens is 2. The molecule has 27 heavy (non-hydrogen) atoms. The minimum Gasteiger partial charge on any atom is -0.459 e. The Hall–Kier alpha value is -2.01. The van der Waals surface area contributed by atoms with Gasteiger partial charge in [-0.1, -0.05) is 66.5 Å². The summed E-state index contributed by atoms with van der Waals surface area (Å²) in [6.45, 7) is 3.60. The van der Waals surface area contributed by atoms with Gasteiger partial charge in [0.05, 0.1) is 0 Å². The second-order valence-electron chi connectivity index (χ2n) is 6.55. The van der Waals surface area contributed by atoms with Gasteiger partial charge in [-0.3, -0.25) is 4.79 Å². The molecule has 0 saturated heterocycles. The number of carbonyl (C=O) groups excluding carboxylic acids is 1. The first-order valence-corrected chi connectivity index (χ1v) is 9.33. The van der Waals surface area contributed by atoms with E-state index in [4.69, 9.17) is 38.4 Å². The Kier molecular flexibility index (Phi) is 7.72. The van der Waals surface area contributed by atoms with E-state index < -0.39 is 11.5 Å². The number of nitrogens with two attached hydrogens (primary N) is 1. The van der Waals surface area contributed by atoms with Gasteiger partial charge in [-0.2, -0.15) is 0 Å². The third-order valence-corrected chi connectivity index (χ3v) is 4.65. The molecule has 0 aliphatic heterocycles. The summed E-state index contributed by atoms with van der Waals surface area (Å²) in [5.74, 6) is 0.732. The molecule has 0 aromatic heterocycles. The van der Waals surface area contributed by atoms with Gasteiger partial charge in [-0.25, -0.2) is 0 Å². The first-order chi connectivity index (χ1) is 12.8. The van der Waals surface area contributed by atoms with Gasteiger partial charge in [-0.15, -0.1) is 0 Å². The molecule has 2 rings (SSSR count). The molecule has 2 aromatic carbocycles. The molecular weight excluding hydrogens is 385 g/mol. The Labute approximate surface area is 169 Å². The average Bonchev–Trinajstić information content (AvgIpc) is 2.65. The fraction of sp³-hybridized carbons (Fsp3) is 0.286. The molecule has 6 heteroatoms. The van der Waals surface area contributed by atoms with E-state index >= 15 is 0 Å². The second-order valence-corrected chi connectivity index (χ2v) is 7.56. The highest BCUT2D eigenvalue weighted by Crippen LogP contribution is 2.24. The number of para-hydroxylation sites is 1. The van der Waals surface area contributed by atoms with Crippen LogP contribution in [-0.2, 0) is 16.1 Å². The molecule has 0 bridgehead atoms. The van der Waals surface area contributed by atoms with Crippen LogP contribution in [0.15, 0.2) is 65.2 Å². The molecule has 2 aromatic rings. The van der Waals surface area contributed by atoms with E-state index in [0.717, 1.165) is 11.3 Å². The normalized spacial score (nSPS) is 14.0. The monoisotopic (exact) mass is 407 g/mol. The lowest BCUT2D eigenvalue weighted by atomic mass is 9.86. The van der Waals surface area contributed by atoms with Crippen LogP contribution in [0.4, 0.5) is 0 Å². The average molecular weight is 408 g/mol. The smallest absolute Gasteiger partial charge is 0.326 e. The van der Waals surface area contributed by atoms with Crippen molar-refractivity contribution in [3.63, 3.8) is 0 Å². The van der Waals surface area contributed by atoms with E-state index in [0.29, 0.717) is 12.2 Å². The summed E-state index contributed by atoms with van der Waals surface area (Å²) in [4.78, 5) is 12.4. The van der Waals surface area contributed by atoms with Crippen molar-refractivity contribution in [3.05, 3.63) is 70.7 Å². The maximum absolute atomic E-state index is 12.4. The lowest BCUT2D eigenvalue weighted by Gasteiger charge is -2.28. The number of carbonyl (C=O) groups is 1. The highest BCUT2D eigenvalue weighted by molar-refractivity contribution is 6.55. The van der Waals surface area contributed by atoms with Crippen molar-refractivity contribution < 1.29 is 14.3 Å².